The Hall–Kier alpha value is -1.21. The smallest absolute Gasteiger partial charge is 0.241 e. The summed E-state index contributed by atoms with van der Waals surface area (Å²) in [4.78, 5) is 0.296. The summed E-state index contributed by atoms with van der Waals surface area (Å²) in [6.45, 7) is 3.84. The zero-order valence-corrected chi connectivity index (χ0v) is 14.0. The molecule has 0 aliphatic rings. The third-order valence-corrected chi connectivity index (χ3v) is 5.72. The van der Waals surface area contributed by atoms with Gasteiger partial charge in [0.25, 0.3) is 0 Å². The molecule has 1 aromatic heterocycles. The molecule has 21 heavy (non-hydrogen) atoms. The first-order valence-electron chi connectivity index (χ1n) is 6.75. The van der Waals surface area contributed by atoms with Crippen LogP contribution < -0.4 is 10.0 Å². The second-order valence-electron chi connectivity index (χ2n) is 4.98. The van der Waals surface area contributed by atoms with Crippen molar-refractivity contribution in [3.05, 3.63) is 52.2 Å². The van der Waals surface area contributed by atoms with Gasteiger partial charge in [0, 0.05) is 12.1 Å². The Morgan fingerprint density at radius 2 is 1.86 bits per heavy atom. The quantitative estimate of drug-likeness (QED) is 0.858. The van der Waals surface area contributed by atoms with Gasteiger partial charge in [-0.25, -0.2) is 13.1 Å². The standard InChI is InChI=1S/C15H20N2O2S2/c1-11(16-3)13-5-4-6-15(9-13)21(18,19)17-12(2)14-7-8-20-10-14/h4-12,16-17H,1-3H3. The van der Waals surface area contributed by atoms with E-state index in [0.717, 1.165) is 11.1 Å². The maximum atomic E-state index is 12.5. The summed E-state index contributed by atoms with van der Waals surface area (Å²) in [6, 6.07) is 8.81. The zero-order valence-electron chi connectivity index (χ0n) is 12.3. The largest absolute Gasteiger partial charge is 0.313 e. The molecule has 0 bridgehead atoms. The van der Waals surface area contributed by atoms with Gasteiger partial charge in [0.15, 0.2) is 0 Å². The lowest BCUT2D eigenvalue weighted by molar-refractivity contribution is 0.566. The van der Waals surface area contributed by atoms with Crippen molar-refractivity contribution in [1.29, 1.82) is 0 Å². The summed E-state index contributed by atoms with van der Waals surface area (Å²) in [5, 5.41) is 7.00. The van der Waals surface area contributed by atoms with Gasteiger partial charge in [-0.15, -0.1) is 0 Å². The van der Waals surface area contributed by atoms with Gasteiger partial charge in [0.05, 0.1) is 4.90 Å². The molecule has 2 aromatic rings. The number of nitrogens with one attached hydrogen (secondary N) is 2. The minimum Gasteiger partial charge on any atom is -0.313 e. The van der Waals surface area contributed by atoms with Gasteiger partial charge in [-0.2, -0.15) is 11.3 Å². The minimum atomic E-state index is -3.52. The lowest BCUT2D eigenvalue weighted by Gasteiger charge is -2.15. The molecule has 0 saturated carbocycles. The highest BCUT2D eigenvalue weighted by molar-refractivity contribution is 7.89. The van der Waals surface area contributed by atoms with E-state index >= 15 is 0 Å². The van der Waals surface area contributed by atoms with Crippen LogP contribution in [0.1, 0.15) is 37.1 Å². The Bertz CT molecular complexity index is 681. The molecule has 2 N–H and O–H groups in total. The number of sulfonamides is 1. The van der Waals surface area contributed by atoms with Gasteiger partial charge in [-0.1, -0.05) is 12.1 Å². The normalized spacial score (nSPS) is 14.8. The minimum absolute atomic E-state index is 0.106. The number of rotatable bonds is 6. The first kappa shape index (κ1) is 16.2. The molecule has 2 atom stereocenters. The summed E-state index contributed by atoms with van der Waals surface area (Å²) in [6.07, 6.45) is 0. The molecule has 1 aromatic carbocycles. The third-order valence-electron chi connectivity index (χ3n) is 3.48. The molecule has 0 aliphatic heterocycles. The predicted molar refractivity (Wildman–Crippen MR) is 87.0 cm³/mol. The van der Waals surface area contributed by atoms with Gasteiger partial charge >= 0.3 is 0 Å². The van der Waals surface area contributed by atoms with E-state index in [1.807, 2.05) is 43.8 Å². The van der Waals surface area contributed by atoms with Crippen LogP contribution in [0.5, 0.6) is 0 Å². The molecular weight excluding hydrogens is 304 g/mol. The highest BCUT2D eigenvalue weighted by Crippen LogP contribution is 2.21. The molecule has 114 valence electrons. The van der Waals surface area contributed by atoms with E-state index in [1.165, 1.54) is 0 Å². The molecule has 2 unspecified atom stereocenters. The summed E-state index contributed by atoms with van der Waals surface area (Å²) in [7, 11) is -1.67. The van der Waals surface area contributed by atoms with Crippen molar-refractivity contribution < 1.29 is 8.42 Å². The first-order valence-corrected chi connectivity index (χ1v) is 9.18. The van der Waals surface area contributed by atoms with E-state index in [4.69, 9.17) is 0 Å². The second kappa shape index (κ2) is 6.70. The monoisotopic (exact) mass is 324 g/mol. The fourth-order valence-electron chi connectivity index (χ4n) is 2.01. The lowest BCUT2D eigenvalue weighted by Crippen LogP contribution is -2.27. The van der Waals surface area contributed by atoms with Crippen molar-refractivity contribution in [3.63, 3.8) is 0 Å². The Morgan fingerprint density at radius 3 is 2.48 bits per heavy atom. The van der Waals surface area contributed by atoms with Crippen LogP contribution in [-0.2, 0) is 10.0 Å². The molecular formula is C15H20N2O2S2. The summed E-state index contributed by atoms with van der Waals surface area (Å²) >= 11 is 1.56. The highest BCUT2D eigenvalue weighted by Gasteiger charge is 2.19. The van der Waals surface area contributed by atoms with Crippen molar-refractivity contribution in [1.82, 2.24) is 10.0 Å². The van der Waals surface area contributed by atoms with Crippen molar-refractivity contribution in [2.75, 3.05) is 7.05 Å². The lowest BCUT2D eigenvalue weighted by atomic mass is 10.1. The fraction of sp³-hybridized carbons (Fsp3) is 0.333. The number of thiophene rings is 1. The molecule has 4 nitrogen and oxygen atoms in total. The number of hydrogen-bond donors (Lipinski definition) is 2. The number of hydrogen-bond acceptors (Lipinski definition) is 4. The Labute approximate surface area is 130 Å². The van der Waals surface area contributed by atoms with Crippen molar-refractivity contribution in [2.45, 2.75) is 30.8 Å². The molecule has 0 fully saturated rings. The molecule has 0 saturated heterocycles. The van der Waals surface area contributed by atoms with Crippen LogP contribution in [0.15, 0.2) is 46.0 Å². The zero-order chi connectivity index (χ0) is 15.5. The maximum absolute atomic E-state index is 12.5. The first-order chi connectivity index (χ1) is 9.94. The van der Waals surface area contributed by atoms with Gasteiger partial charge in [-0.3, -0.25) is 0 Å². The van der Waals surface area contributed by atoms with Gasteiger partial charge < -0.3 is 5.32 Å². The van der Waals surface area contributed by atoms with Crippen LogP contribution in [0, 0.1) is 0 Å². The topological polar surface area (TPSA) is 58.2 Å². The van der Waals surface area contributed by atoms with Gasteiger partial charge in [-0.05, 0) is 61.0 Å². The van der Waals surface area contributed by atoms with Crippen LogP contribution in [0.4, 0.5) is 0 Å². The van der Waals surface area contributed by atoms with Crippen molar-refractivity contribution in [3.8, 4) is 0 Å². The van der Waals surface area contributed by atoms with E-state index < -0.39 is 10.0 Å². The van der Waals surface area contributed by atoms with Crippen LogP contribution in [0.2, 0.25) is 0 Å². The molecule has 2 rings (SSSR count). The van der Waals surface area contributed by atoms with Crippen LogP contribution in [-0.4, -0.2) is 15.5 Å². The molecule has 1 heterocycles. The highest BCUT2D eigenvalue weighted by atomic mass is 32.2. The summed E-state index contributed by atoms with van der Waals surface area (Å²) < 4.78 is 27.7. The van der Waals surface area contributed by atoms with E-state index in [9.17, 15) is 8.42 Å². The van der Waals surface area contributed by atoms with Crippen LogP contribution in [0.3, 0.4) is 0 Å². The summed E-state index contributed by atoms with van der Waals surface area (Å²) in [5.41, 5.74) is 1.92. The Balaban J connectivity index is 2.23. The Morgan fingerprint density at radius 1 is 1.10 bits per heavy atom. The Kier molecular flexibility index (Phi) is 5.16. The SMILES string of the molecule is CNC(C)c1cccc(S(=O)(=O)NC(C)c2ccsc2)c1. The summed E-state index contributed by atoms with van der Waals surface area (Å²) in [5.74, 6) is 0. The molecule has 6 heteroatoms. The average Bonchev–Trinajstić information content (AvgIpc) is 3.00. The van der Waals surface area contributed by atoms with E-state index in [1.54, 1.807) is 29.5 Å². The van der Waals surface area contributed by atoms with Crippen molar-refractivity contribution in [2.24, 2.45) is 0 Å². The maximum Gasteiger partial charge on any atom is 0.241 e. The van der Waals surface area contributed by atoms with Crippen molar-refractivity contribution >= 4 is 21.4 Å². The average molecular weight is 324 g/mol. The third kappa shape index (κ3) is 3.91. The van der Waals surface area contributed by atoms with E-state index in [0.29, 0.717) is 4.90 Å². The predicted octanol–water partition coefficient (Wildman–Crippen LogP) is 3.07. The van der Waals surface area contributed by atoms with E-state index in [-0.39, 0.29) is 12.1 Å². The molecule has 0 aliphatic carbocycles. The number of benzene rings is 1. The second-order valence-corrected chi connectivity index (χ2v) is 7.48. The van der Waals surface area contributed by atoms with Crippen LogP contribution >= 0.6 is 11.3 Å². The molecule has 0 amide bonds. The van der Waals surface area contributed by atoms with Gasteiger partial charge in [0.1, 0.15) is 0 Å². The molecule has 0 radical (unpaired) electrons. The molecule has 0 spiro atoms. The fourth-order valence-corrected chi connectivity index (χ4v) is 4.05. The van der Waals surface area contributed by atoms with E-state index in [2.05, 4.69) is 10.0 Å². The van der Waals surface area contributed by atoms with Gasteiger partial charge in [0.2, 0.25) is 10.0 Å². The van der Waals surface area contributed by atoms with Crippen LogP contribution in [0.25, 0.3) is 0 Å².